The third-order valence-corrected chi connectivity index (χ3v) is 2.83. The van der Waals surface area contributed by atoms with Crippen LogP contribution in [-0.2, 0) is 4.79 Å². The van der Waals surface area contributed by atoms with Gasteiger partial charge in [0.2, 0.25) is 5.91 Å². The maximum absolute atomic E-state index is 11.6. The topological polar surface area (TPSA) is 32.3 Å². The zero-order valence-corrected chi connectivity index (χ0v) is 8.84. The van der Waals surface area contributed by atoms with E-state index < -0.39 is 0 Å². The Morgan fingerprint density at radius 2 is 2.15 bits per heavy atom. The SMILES string of the molecule is CCC1CCC(C(=O)N(C)C)NC1. The summed E-state index contributed by atoms with van der Waals surface area (Å²) in [5.41, 5.74) is 0. The largest absolute Gasteiger partial charge is 0.347 e. The molecule has 1 aliphatic rings. The van der Waals surface area contributed by atoms with Crippen molar-refractivity contribution in [2.24, 2.45) is 5.92 Å². The summed E-state index contributed by atoms with van der Waals surface area (Å²) in [5.74, 6) is 0.987. The Bertz CT molecular complexity index is 172. The van der Waals surface area contributed by atoms with Crippen LogP contribution >= 0.6 is 0 Å². The summed E-state index contributed by atoms with van der Waals surface area (Å²) in [7, 11) is 3.63. The first-order valence-corrected chi connectivity index (χ1v) is 5.09. The van der Waals surface area contributed by atoms with Gasteiger partial charge >= 0.3 is 0 Å². The van der Waals surface area contributed by atoms with Crippen molar-refractivity contribution in [1.82, 2.24) is 10.2 Å². The van der Waals surface area contributed by atoms with Crippen LogP contribution in [0.15, 0.2) is 0 Å². The molecule has 2 atom stereocenters. The zero-order valence-electron chi connectivity index (χ0n) is 8.84. The van der Waals surface area contributed by atoms with Crippen LogP contribution in [0.25, 0.3) is 0 Å². The van der Waals surface area contributed by atoms with Crippen LogP contribution in [0.5, 0.6) is 0 Å². The van der Waals surface area contributed by atoms with Gasteiger partial charge in [-0.05, 0) is 25.3 Å². The number of nitrogens with zero attached hydrogens (tertiary/aromatic N) is 1. The third-order valence-electron chi connectivity index (χ3n) is 2.83. The monoisotopic (exact) mass is 184 g/mol. The lowest BCUT2D eigenvalue weighted by molar-refractivity contribution is -0.131. The van der Waals surface area contributed by atoms with Crippen molar-refractivity contribution in [3.05, 3.63) is 0 Å². The second kappa shape index (κ2) is 4.61. The van der Waals surface area contributed by atoms with E-state index in [9.17, 15) is 4.79 Å². The van der Waals surface area contributed by atoms with Gasteiger partial charge in [-0.15, -0.1) is 0 Å². The van der Waals surface area contributed by atoms with Crippen molar-refractivity contribution in [1.29, 1.82) is 0 Å². The molecule has 0 aromatic heterocycles. The minimum atomic E-state index is 0.0674. The highest BCUT2D eigenvalue weighted by Crippen LogP contribution is 2.17. The highest BCUT2D eigenvalue weighted by atomic mass is 16.2. The van der Waals surface area contributed by atoms with Gasteiger partial charge in [0.1, 0.15) is 0 Å². The number of piperidine rings is 1. The summed E-state index contributed by atoms with van der Waals surface area (Å²) in [5, 5.41) is 3.31. The molecule has 0 aromatic rings. The summed E-state index contributed by atoms with van der Waals surface area (Å²) in [4.78, 5) is 13.2. The smallest absolute Gasteiger partial charge is 0.239 e. The Labute approximate surface area is 80.5 Å². The van der Waals surface area contributed by atoms with E-state index in [0.717, 1.165) is 18.9 Å². The van der Waals surface area contributed by atoms with Gasteiger partial charge in [0, 0.05) is 14.1 Å². The molecule has 1 rings (SSSR count). The maximum atomic E-state index is 11.6. The Hall–Kier alpha value is -0.570. The van der Waals surface area contributed by atoms with Gasteiger partial charge in [0.05, 0.1) is 6.04 Å². The molecule has 0 bridgehead atoms. The average molecular weight is 184 g/mol. The highest BCUT2D eigenvalue weighted by molar-refractivity contribution is 5.81. The first-order valence-electron chi connectivity index (χ1n) is 5.09. The summed E-state index contributed by atoms with van der Waals surface area (Å²) >= 11 is 0. The second-order valence-electron chi connectivity index (χ2n) is 4.05. The van der Waals surface area contributed by atoms with Gasteiger partial charge in [-0.3, -0.25) is 4.79 Å². The lowest BCUT2D eigenvalue weighted by Gasteiger charge is -2.30. The van der Waals surface area contributed by atoms with Gasteiger partial charge in [-0.25, -0.2) is 0 Å². The number of carbonyl (C=O) groups excluding carboxylic acids is 1. The van der Waals surface area contributed by atoms with Gasteiger partial charge in [0.15, 0.2) is 0 Å². The zero-order chi connectivity index (χ0) is 9.84. The Balaban J connectivity index is 2.36. The number of nitrogens with one attached hydrogen (secondary N) is 1. The molecule has 0 spiro atoms. The molecule has 0 saturated carbocycles. The van der Waals surface area contributed by atoms with E-state index in [2.05, 4.69) is 12.2 Å². The van der Waals surface area contributed by atoms with Crippen LogP contribution in [0.1, 0.15) is 26.2 Å². The van der Waals surface area contributed by atoms with Crippen LogP contribution < -0.4 is 5.32 Å². The van der Waals surface area contributed by atoms with E-state index in [1.54, 1.807) is 4.90 Å². The lowest BCUT2D eigenvalue weighted by Crippen LogP contribution is -2.48. The fourth-order valence-corrected chi connectivity index (χ4v) is 1.79. The summed E-state index contributed by atoms with van der Waals surface area (Å²) in [6.07, 6.45) is 3.40. The second-order valence-corrected chi connectivity index (χ2v) is 4.05. The summed E-state index contributed by atoms with van der Waals surface area (Å²) in [6, 6.07) is 0.0674. The minimum absolute atomic E-state index is 0.0674. The molecule has 1 heterocycles. The van der Waals surface area contributed by atoms with Crippen LogP contribution in [-0.4, -0.2) is 37.5 Å². The number of amides is 1. The predicted molar refractivity (Wildman–Crippen MR) is 53.5 cm³/mol. The molecule has 0 aliphatic carbocycles. The van der Waals surface area contributed by atoms with E-state index in [4.69, 9.17) is 0 Å². The minimum Gasteiger partial charge on any atom is -0.347 e. The molecule has 1 aliphatic heterocycles. The van der Waals surface area contributed by atoms with E-state index in [1.165, 1.54) is 12.8 Å². The summed E-state index contributed by atoms with van der Waals surface area (Å²) in [6.45, 7) is 3.21. The van der Waals surface area contributed by atoms with Crippen LogP contribution in [0.4, 0.5) is 0 Å². The molecular formula is C10H20N2O. The number of hydrogen-bond acceptors (Lipinski definition) is 2. The van der Waals surface area contributed by atoms with Crippen molar-refractivity contribution in [3.8, 4) is 0 Å². The molecule has 1 N–H and O–H groups in total. The highest BCUT2D eigenvalue weighted by Gasteiger charge is 2.25. The normalized spacial score (nSPS) is 28.5. The first-order chi connectivity index (χ1) is 6.15. The van der Waals surface area contributed by atoms with Crippen LogP contribution in [0, 0.1) is 5.92 Å². The third kappa shape index (κ3) is 2.69. The molecular weight excluding hydrogens is 164 g/mol. The maximum Gasteiger partial charge on any atom is 0.239 e. The number of hydrogen-bond donors (Lipinski definition) is 1. The molecule has 1 amide bonds. The molecule has 3 heteroatoms. The van der Waals surface area contributed by atoms with E-state index in [1.807, 2.05) is 14.1 Å². The number of likely N-dealkylation sites (N-methyl/N-ethyl adjacent to an activating group) is 1. The van der Waals surface area contributed by atoms with Gasteiger partial charge in [-0.2, -0.15) is 0 Å². The van der Waals surface area contributed by atoms with Crippen molar-refractivity contribution >= 4 is 5.91 Å². The molecule has 1 fully saturated rings. The average Bonchev–Trinajstić information content (AvgIpc) is 2.17. The fourth-order valence-electron chi connectivity index (χ4n) is 1.79. The Kier molecular flexibility index (Phi) is 3.72. The Morgan fingerprint density at radius 3 is 2.54 bits per heavy atom. The molecule has 0 aromatic carbocycles. The van der Waals surface area contributed by atoms with E-state index in [0.29, 0.717) is 0 Å². The lowest BCUT2D eigenvalue weighted by atomic mass is 9.92. The van der Waals surface area contributed by atoms with Gasteiger partial charge in [0.25, 0.3) is 0 Å². The molecule has 0 radical (unpaired) electrons. The molecule has 3 nitrogen and oxygen atoms in total. The van der Waals surface area contributed by atoms with Gasteiger partial charge < -0.3 is 10.2 Å². The fraction of sp³-hybridized carbons (Fsp3) is 0.900. The predicted octanol–water partition coefficient (Wildman–Crippen LogP) is 0.853. The standard InChI is InChI=1S/C10H20N2O/c1-4-8-5-6-9(11-7-8)10(13)12(2)3/h8-9,11H,4-7H2,1-3H3. The van der Waals surface area contributed by atoms with Crippen LogP contribution in [0.3, 0.4) is 0 Å². The summed E-state index contributed by atoms with van der Waals surface area (Å²) < 4.78 is 0. The van der Waals surface area contributed by atoms with E-state index >= 15 is 0 Å². The molecule has 2 unspecified atom stereocenters. The number of carbonyl (C=O) groups is 1. The first kappa shape index (κ1) is 10.5. The molecule has 1 saturated heterocycles. The number of rotatable bonds is 2. The van der Waals surface area contributed by atoms with Crippen molar-refractivity contribution in [2.75, 3.05) is 20.6 Å². The van der Waals surface area contributed by atoms with E-state index in [-0.39, 0.29) is 11.9 Å². The molecule has 13 heavy (non-hydrogen) atoms. The van der Waals surface area contributed by atoms with Gasteiger partial charge in [-0.1, -0.05) is 13.3 Å². The van der Waals surface area contributed by atoms with Crippen molar-refractivity contribution < 1.29 is 4.79 Å². The van der Waals surface area contributed by atoms with Crippen LogP contribution in [0.2, 0.25) is 0 Å². The quantitative estimate of drug-likeness (QED) is 0.690. The van der Waals surface area contributed by atoms with Crippen molar-refractivity contribution in [3.63, 3.8) is 0 Å². The Morgan fingerprint density at radius 1 is 1.46 bits per heavy atom. The van der Waals surface area contributed by atoms with Crippen molar-refractivity contribution in [2.45, 2.75) is 32.2 Å². The molecule has 76 valence electrons.